The lowest BCUT2D eigenvalue weighted by Crippen LogP contribution is -2.38. The molecule has 0 radical (unpaired) electrons. The van der Waals surface area contributed by atoms with Gasteiger partial charge in [0, 0.05) is 24.8 Å². The van der Waals surface area contributed by atoms with Gasteiger partial charge >= 0.3 is 0 Å². The molecule has 1 aromatic heterocycles. The molecule has 3 nitrogen and oxygen atoms in total. The van der Waals surface area contributed by atoms with Crippen LogP contribution in [0, 0.1) is 6.92 Å². The molecule has 1 aliphatic heterocycles. The maximum Gasteiger partial charge on any atom is 0.129 e. The van der Waals surface area contributed by atoms with Gasteiger partial charge in [0.05, 0.1) is 0 Å². The van der Waals surface area contributed by atoms with Gasteiger partial charge < -0.3 is 10.2 Å². The second-order valence-electron chi connectivity index (χ2n) is 5.23. The van der Waals surface area contributed by atoms with Crippen LogP contribution < -0.4 is 10.2 Å². The first-order valence-corrected chi connectivity index (χ1v) is 7.16. The van der Waals surface area contributed by atoms with Crippen molar-refractivity contribution >= 4 is 5.82 Å². The minimum absolute atomic E-state index is 0.630. The predicted octanol–water partition coefficient (Wildman–Crippen LogP) is 2.88. The summed E-state index contributed by atoms with van der Waals surface area (Å²) in [4.78, 5) is 7.24. The molecule has 1 unspecified atom stereocenters. The van der Waals surface area contributed by atoms with Gasteiger partial charge in [0.1, 0.15) is 5.82 Å². The Balaban J connectivity index is 2.12. The van der Waals surface area contributed by atoms with Gasteiger partial charge in [0.2, 0.25) is 0 Å². The first-order valence-electron chi connectivity index (χ1n) is 7.16. The number of rotatable bonds is 4. The third-order valence-corrected chi connectivity index (χ3v) is 3.84. The zero-order valence-corrected chi connectivity index (χ0v) is 11.9. The first kappa shape index (κ1) is 13.3. The third-order valence-electron chi connectivity index (χ3n) is 3.84. The van der Waals surface area contributed by atoms with E-state index in [0.717, 1.165) is 31.1 Å². The standard InChI is InChI=1S/C15H25N3/c1-4-16-11-14-8-9-15(17-13(14)3)18-10-6-5-7-12(18)2/h8-9,12,16H,4-7,10-11H2,1-3H3. The first-order chi connectivity index (χ1) is 8.72. The third kappa shape index (κ3) is 3.02. The van der Waals surface area contributed by atoms with E-state index < -0.39 is 0 Å². The Morgan fingerprint density at radius 1 is 1.39 bits per heavy atom. The molecule has 100 valence electrons. The molecule has 0 spiro atoms. The van der Waals surface area contributed by atoms with Gasteiger partial charge in [-0.1, -0.05) is 13.0 Å². The number of nitrogens with one attached hydrogen (secondary N) is 1. The maximum absolute atomic E-state index is 4.79. The van der Waals surface area contributed by atoms with Crippen LogP contribution in [-0.4, -0.2) is 24.1 Å². The monoisotopic (exact) mass is 247 g/mol. The number of anilines is 1. The molecule has 18 heavy (non-hydrogen) atoms. The van der Waals surface area contributed by atoms with Crippen LogP contribution in [0.1, 0.15) is 44.4 Å². The number of hydrogen-bond donors (Lipinski definition) is 1. The molecule has 0 aromatic carbocycles. The Kier molecular flexibility index (Phi) is 4.59. The molecule has 1 N–H and O–H groups in total. The van der Waals surface area contributed by atoms with Crippen LogP contribution in [-0.2, 0) is 6.54 Å². The van der Waals surface area contributed by atoms with Crippen LogP contribution in [0.15, 0.2) is 12.1 Å². The van der Waals surface area contributed by atoms with E-state index in [1.807, 2.05) is 0 Å². The number of nitrogens with zero attached hydrogens (tertiary/aromatic N) is 2. The number of piperidine rings is 1. The molecule has 0 aliphatic carbocycles. The molecule has 2 heterocycles. The molecule has 3 heteroatoms. The molecule has 0 bridgehead atoms. The van der Waals surface area contributed by atoms with Gasteiger partial charge in [0.15, 0.2) is 0 Å². The Labute approximate surface area is 111 Å². The second-order valence-corrected chi connectivity index (χ2v) is 5.23. The summed E-state index contributed by atoms with van der Waals surface area (Å²) < 4.78 is 0. The van der Waals surface area contributed by atoms with E-state index in [9.17, 15) is 0 Å². The number of hydrogen-bond acceptors (Lipinski definition) is 3. The Bertz CT molecular complexity index is 389. The summed E-state index contributed by atoms with van der Waals surface area (Å²) in [5, 5.41) is 3.36. The van der Waals surface area contributed by atoms with Crippen LogP contribution in [0.2, 0.25) is 0 Å². The summed E-state index contributed by atoms with van der Waals surface area (Å²) in [5.74, 6) is 1.15. The van der Waals surface area contributed by atoms with Crippen molar-refractivity contribution in [2.75, 3.05) is 18.0 Å². The lowest BCUT2D eigenvalue weighted by Gasteiger charge is -2.34. The molecule has 1 fully saturated rings. The second kappa shape index (κ2) is 6.19. The normalized spacial score (nSPS) is 20.2. The smallest absolute Gasteiger partial charge is 0.129 e. The molecular formula is C15H25N3. The van der Waals surface area contributed by atoms with E-state index >= 15 is 0 Å². The Morgan fingerprint density at radius 3 is 2.89 bits per heavy atom. The van der Waals surface area contributed by atoms with Crippen molar-refractivity contribution in [3.8, 4) is 0 Å². The molecule has 2 rings (SSSR count). The Morgan fingerprint density at radius 2 is 2.22 bits per heavy atom. The van der Waals surface area contributed by atoms with Gasteiger partial charge in [-0.15, -0.1) is 0 Å². The summed E-state index contributed by atoms with van der Waals surface area (Å²) in [6.45, 7) is 9.63. The van der Waals surface area contributed by atoms with Crippen molar-refractivity contribution in [1.29, 1.82) is 0 Å². The van der Waals surface area contributed by atoms with E-state index in [-0.39, 0.29) is 0 Å². The maximum atomic E-state index is 4.79. The van der Waals surface area contributed by atoms with E-state index in [1.165, 1.54) is 24.8 Å². The molecule has 1 aromatic rings. The van der Waals surface area contributed by atoms with Gasteiger partial charge in [-0.2, -0.15) is 0 Å². The van der Waals surface area contributed by atoms with Crippen molar-refractivity contribution in [3.63, 3.8) is 0 Å². The highest BCUT2D eigenvalue weighted by Gasteiger charge is 2.19. The highest BCUT2D eigenvalue weighted by atomic mass is 15.2. The van der Waals surface area contributed by atoms with Gasteiger partial charge in [-0.05, 0) is 51.3 Å². The van der Waals surface area contributed by atoms with Crippen LogP contribution in [0.3, 0.4) is 0 Å². The lowest BCUT2D eigenvalue weighted by molar-refractivity contribution is 0.481. The summed E-state index contributed by atoms with van der Waals surface area (Å²) in [5.41, 5.74) is 2.47. The number of aryl methyl sites for hydroxylation is 1. The van der Waals surface area contributed by atoms with E-state index in [1.54, 1.807) is 0 Å². The summed E-state index contributed by atoms with van der Waals surface area (Å²) >= 11 is 0. The van der Waals surface area contributed by atoms with E-state index in [4.69, 9.17) is 4.98 Å². The molecule has 0 amide bonds. The van der Waals surface area contributed by atoms with Crippen molar-refractivity contribution < 1.29 is 0 Å². The number of aromatic nitrogens is 1. The predicted molar refractivity (Wildman–Crippen MR) is 77.0 cm³/mol. The number of pyridine rings is 1. The summed E-state index contributed by atoms with van der Waals surface area (Å²) in [6.07, 6.45) is 3.94. The molecular weight excluding hydrogens is 222 g/mol. The fourth-order valence-corrected chi connectivity index (χ4v) is 2.62. The molecule has 1 atom stereocenters. The van der Waals surface area contributed by atoms with E-state index in [0.29, 0.717) is 6.04 Å². The van der Waals surface area contributed by atoms with Crippen molar-refractivity contribution in [3.05, 3.63) is 23.4 Å². The fourth-order valence-electron chi connectivity index (χ4n) is 2.62. The highest BCUT2D eigenvalue weighted by molar-refractivity contribution is 5.43. The zero-order chi connectivity index (χ0) is 13.0. The zero-order valence-electron chi connectivity index (χ0n) is 11.9. The average Bonchev–Trinajstić information content (AvgIpc) is 2.38. The summed E-state index contributed by atoms with van der Waals surface area (Å²) in [6, 6.07) is 5.04. The topological polar surface area (TPSA) is 28.2 Å². The largest absolute Gasteiger partial charge is 0.354 e. The molecule has 1 saturated heterocycles. The quantitative estimate of drug-likeness (QED) is 0.886. The SMILES string of the molecule is CCNCc1ccc(N2CCCCC2C)nc1C. The highest BCUT2D eigenvalue weighted by Crippen LogP contribution is 2.23. The van der Waals surface area contributed by atoms with Crippen molar-refractivity contribution in [2.45, 2.75) is 52.6 Å². The molecule has 1 aliphatic rings. The minimum atomic E-state index is 0.630. The van der Waals surface area contributed by atoms with E-state index in [2.05, 4.69) is 43.1 Å². The van der Waals surface area contributed by atoms with Gasteiger partial charge in [0.25, 0.3) is 0 Å². The van der Waals surface area contributed by atoms with Crippen molar-refractivity contribution in [2.24, 2.45) is 0 Å². The van der Waals surface area contributed by atoms with Crippen LogP contribution in [0.4, 0.5) is 5.82 Å². The average molecular weight is 247 g/mol. The minimum Gasteiger partial charge on any atom is -0.354 e. The van der Waals surface area contributed by atoms with Crippen LogP contribution in [0.5, 0.6) is 0 Å². The molecule has 0 saturated carbocycles. The van der Waals surface area contributed by atoms with Crippen LogP contribution in [0.25, 0.3) is 0 Å². The lowest BCUT2D eigenvalue weighted by atomic mass is 10.0. The van der Waals surface area contributed by atoms with Gasteiger partial charge in [-0.3, -0.25) is 0 Å². The Hall–Kier alpha value is -1.09. The van der Waals surface area contributed by atoms with Crippen molar-refractivity contribution in [1.82, 2.24) is 10.3 Å². The van der Waals surface area contributed by atoms with Gasteiger partial charge in [-0.25, -0.2) is 4.98 Å². The fraction of sp³-hybridized carbons (Fsp3) is 0.667. The van der Waals surface area contributed by atoms with Crippen LogP contribution >= 0.6 is 0 Å². The summed E-state index contributed by atoms with van der Waals surface area (Å²) in [7, 11) is 0.